The van der Waals surface area contributed by atoms with Crippen LogP contribution in [0.15, 0.2) is 67.0 Å². The second-order valence-corrected chi connectivity index (χ2v) is 6.09. The van der Waals surface area contributed by atoms with Gasteiger partial charge in [0, 0.05) is 40.1 Å². The van der Waals surface area contributed by atoms with E-state index in [2.05, 4.69) is 68.9 Å². The van der Waals surface area contributed by atoms with Crippen LogP contribution in [0.3, 0.4) is 0 Å². The topological polar surface area (TPSA) is 43.6 Å². The first-order chi connectivity index (χ1) is 12.3. The van der Waals surface area contributed by atoms with E-state index in [1.54, 1.807) is 6.20 Å². The summed E-state index contributed by atoms with van der Waals surface area (Å²) < 4.78 is 2.35. The second kappa shape index (κ2) is 5.38. The number of fused-ring (bicyclic) bond motifs is 4. The van der Waals surface area contributed by atoms with E-state index in [4.69, 9.17) is 0 Å². The molecule has 3 heterocycles. The van der Waals surface area contributed by atoms with Crippen LogP contribution < -0.4 is 0 Å². The fourth-order valence-electron chi connectivity index (χ4n) is 3.54. The SMILES string of the molecule is CCn1c2ccccc2c2ccc(-c3cnc4cccnc4n3)cc21. The van der Waals surface area contributed by atoms with Gasteiger partial charge in [0.2, 0.25) is 0 Å². The maximum Gasteiger partial charge on any atom is 0.178 e. The molecule has 120 valence electrons. The Morgan fingerprint density at radius 3 is 2.68 bits per heavy atom. The molecule has 0 spiro atoms. The van der Waals surface area contributed by atoms with E-state index >= 15 is 0 Å². The number of para-hydroxylation sites is 1. The summed E-state index contributed by atoms with van der Waals surface area (Å²) in [4.78, 5) is 13.5. The molecule has 0 amide bonds. The molecule has 4 heteroatoms. The van der Waals surface area contributed by atoms with Gasteiger partial charge in [-0.25, -0.2) is 9.97 Å². The quantitative estimate of drug-likeness (QED) is 0.467. The molecule has 0 aliphatic heterocycles. The molecule has 0 atom stereocenters. The Morgan fingerprint density at radius 1 is 0.880 bits per heavy atom. The summed E-state index contributed by atoms with van der Waals surface area (Å²) in [6.07, 6.45) is 3.57. The fraction of sp³-hybridized carbons (Fsp3) is 0.0952. The summed E-state index contributed by atoms with van der Waals surface area (Å²) in [5.74, 6) is 0. The van der Waals surface area contributed by atoms with Gasteiger partial charge in [-0.15, -0.1) is 0 Å². The van der Waals surface area contributed by atoms with Gasteiger partial charge in [0.1, 0.15) is 5.52 Å². The Hall–Kier alpha value is -3.27. The molecule has 5 aromatic rings. The molecular weight excluding hydrogens is 308 g/mol. The standard InChI is InChI=1S/C21H16N4/c1-2-25-19-8-4-3-6-15(19)16-10-9-14(12-20(16)25)18-13-23-17-7-5-11-22-21(17)24-18/h3-13H,2H2,1H3. The van der Waals surface area contributed by atoms with E-state index < -0.39 is 0 Å². The second-order valence-electron chi connectivity index (χ2n) is 6.09. The van der Waals surface area contributed by atoms with Crippen LogP contribution in [0.2, 0.25) is 0 Å². The maximum absolute atomic E-state index is 4.68. The van der Waals surface area contributed by atoms with Gasteiger partial charge < -0.3 is 4.57 Å². The third kappa shape index (κ3) is 2.11. The van der Waals surface area contributed by atoms with E-state index in [1.165, 1.54) is 21.8 Å². The highest BCUT2D eigenvalue weighted by Crippen LogP contribution is 2.32. The first kappa shape index (κ1) is 14.1. The predicted octanol–water partition coefficient (Wildman–Crippen LogP) is 4.82. The van der Waals surface area contributed by atoms with Crippen molar-refractivity contribution in [3.05, 3.63) is 67.0 Å². The third-order valence-electron chi connectivity index (χ3n) is 4.70. The normalized spacial score (nSPS) is 11.6. The highest BCUT2D eigenvalue weighted by Gasteiger charge is 2.11. The summed E-state index contributed by atoms with van der Waals surface area (Å²) in [5.41, 5.74) is 5.89. The number of rotatable bonds is 2. The summed E-state index contributed by atoms with van der Waals surface area (Å²) >= 11 is 0. The summed E-state index contributed by atoms with van der Waals surface area (Å²) in [5, 5.41) is 2.56. The maximum atomic E-state index is 4.68. The monoisotopic (exact) mass is 324 g/mol. The van der Waals surface area contributed by atoms with Crippen LogP contribution in [0.4, 0.5) is 0 Å². The van der Waals surface area contributed by atoms with Crippen LogP contribution in [0.25, 0.3) is 44.2 Å². The Bertz CT molecular complexity index is 1240. The largest absolute Gasteiger partial charge is 0.341 e. The molecule has 3 aromatic heterocycles. The van der Waals surface area contributed by atoms with E-state index in [1.807, 2.05) is 18.3 Å². The van der Waals surface area contributed by atoms with Gasteiger partial charge in [-0.2, -0.15) is 0 Å². The van der Waals surface area contributed by atoms with Crippen LogP contribution in [-0.4, -0.2) is 19.5 Å². The zero-order valence-corrected chi connectivity index (χ0v) is 13.8. The molecule has 0 saturated heterocycles. The van der Waals surface area contributed by atoms with Crippen molar-refractivity contribution < 1.29 is 0 Å². The van der Waals surface area contributed by atoms with Crippen molar-refractivity contribution in [2.75, 3.05) is 0 Å². The van der Waals surface area contributed by atoms with E-state index in [0.29, 0.717) is 5.65 Å². The molecule has 0 saturated carbocycles. The smallest absolute Gasteiger partial charge is 0.178 e. The molecule has 0 aliphatic rings. The number of aryl methyl sites for hydroxylation is 1. The molecule has 0 aliphatic carbocycles. The Morgan fingerprint density at radius 2 is 1.76 bits per heavy atom. The Labute approximate surface area is 144 Å². The number of aromatic nitrogens is 4. The molecule has 0 N–H and O–H groups in total. The van der Waals surface area contributed by atoms with Crippen molar-refractivity contribution in [2.45, 2.75) is 13.5 Å². The van der Waals surface area contributed by atoms with Gasteiger partial charge in [0.25, 0.3) is 0 Å². The minimum Gasteiger partial charge on any atom is -0.341 e. The molecule has 5 rings (SSSR count). The number of hydrogen-bond donors (Lipinski definition) is 0. The highest BCUT2D eigenvalue weighted by molar-refractivity contribution is 6.09. The van der Waals surface area contributed by atoms with Crippen molar-refractivity contribution >= 4 is 33.0 Å². The lowest BCUT2D eigenvalue weighted by molar-refractivity contribution is 0.827. The van der Waals surface area contributed by atoms with Crippen LogP contribution >= 0.6 is 0 Å². The molecular formula is C21H16N4. The minimum atomic E-state index is 0.677. The van der Waals surface area contributed by atoms with E-state index in [-0.39, 0.29) is 0 Å². The fourth-order valence-corrected chi connectivity index (χ4v) is 3.54. The highest BCUT2D eigenvalue weighted by atomic mass is 15.0. The summed E-state index contributed by atoms with van der Waals surface area (Å²) in [7, 11) is 0. The molecule has 0 unspecified atom stereocenters. The number of nitrogens with zero attached hydrogens (tertiary/aromatic N) is 4. The van der Waals surface area contributed by atoms with Gasteiger partial charge in [-0.3, -0.25) is 4.98 Å². The molecule has 4 nitrogen and oxygen atoms in total. The van der Waals surface area contributed by atoms with E-state index in [9.17, 15) is 0 Å². The summed E-state index contributed by atoms with van der Waals surface area (Å²) in [6.45, 7) is 3.11. The number of pyridine rings is 1. The Kier molecular flexibility index (Phi) is 3.04. The Balaban J connectivity index is 1.77. The van der Waals surface area contributed by atoms with Gasteiger partial charge in [0.05, 0.1) is 11.9 Å². The molecule has 0 fully saturated rings. The number of hydrogen-bond acceptors (Lipinski definition) is 3. The lowest BCUT2D eigenvalue weighted by atomic mass is 10.1. The average molecular weight is 324 g/mol. The summed E-state index contributed by atoms with van der Waals surface area (Å²) in [6, 6.07) is 18.9. The van der Waals surface area contributed by atoms with Crippen LogP contribution in [0, 0.1) is 0 Å². The van der Waals surface area contributed by atoms with Gasteiger partial charge in [-0.05, 0) is 31.2 Å². The third-order valence-corrected chi connectivity index (χ3v) is 4.70. The first-order valence-electron chi connectivity index (χ1n) is 8.44. The van der Waals surface area contributed by atoms with Crippen molar-refractivity contribution in [2.24, 2.45) is 0 Å². The zero-order valence-electron chi connectivity index (χ0n) is 13.8. The van der Waals surface area contributed by atoms with Crippen LogP contribution in [0.5, 0.6) is 0 Å². The van der Waals surface area contributed by atoms with E-state index in [0.717, 1.165) is 23.3 Å². The lowest BCUT2D eigenvalue weighted by Crippen LogP contribution is -1.94. The van der Waals surface area contributed by atoms with Crippen molar-refractivity contribution in [3.8, 4) is 11.3 Å². The molecule has 25 heavy (non-hydrogen) atoms. The first-order valence-corrected chi connectivity index (χ1v) is 8.44. The minimum absolute atomic E-state index is 0.677. The van der Waals surface area contributed by atoms with Gasteiger partial charge in [-0.1, -0.05) is 30.3 Å². The zero-order chi connectivity index (χ0) is 16.8. The van der Waals surface area contributed by atoms with Gasteiger partial charge >= 0.3 is 0 Å². The van der Waals surface area contributed by atoms with Crippen molar-refractivity contribution in [1.82, 2.24) is 19.5 Å². The molecule has 0 radical (unpaired) electrons. The lowest BCUT2D eigenvalue weighted by Gasteiger charge is -2.05. The van der Waals surface area contributed by atoms with Crippen LogP contribution in [-0.2, 0) is 6.54 Å². The van der Waals surface area contributed by atoms with Crippen molar-refractivity contribution in [1.29, 1.82) is 0 Å². The number of benzene rings is 2. The average Bonchev–Trinajstić information content (AvgIpc) is 3.00. The molecule has 2 aromatic carbocycles. The predicted molar refractivity (Wildman–Crippen MR) is 101 cm³/mol. The molecule has 0 bridgehead atoms. The van der Waals surface area contributed by atoms with Crippen LogP contribution in [0.1, 0.15) is 6.92 Å². The van der Waals surface area contributed by atoms with Gasteiger partial charge in [0.15, 0.2) is 5.65 Å². The van der Waals surface area contributed by atoms with Crippen molar-refractivity contribution in [3.63, 3.8) is 0 Å².